The first-order valence-corrected chi connectivity index (χ1v) is 6.51. The van der Waals surface area contributed by atoms with Crippen molar-refractivity contribution in [1.29, 1.82) is 0 Å². The maximum absolute atomic E-state index is 13.1. The molecule has 1 fully saturated rings. The second-order valence-corrected chi connectivity index (χ2v) is 5.00. The Bertz CT molecular complexity index is 589. The maximum atomic E-state index is 13.1. The number of halogens is 3. The van der Waals surface area contributed by atoms with Crippen LogP contribution in [0.5, 0.6) is 5.75 Å². The highest BCUT2D eigenvalue weighted by Crippen LogP contribution is 2.35. The molecule has 0 saturated carbocycles. The van der Waals surface area contributed by atoms with Crippen LogP contribution in [0, 0.1) is 0 Å². The van der Waals surface area contributed by atoms with Crippen molar-refractivity contribution in [2.24, 2.45) is 0 Å². The number of ether oxygens (including phenoxy) is 1. The van der Waals surface area contributed by atoms with Crippen LogP contribution in [0.4, 0.5) is 13.2 Å². The summed E-state index contributed by atoms with van der Waals surface area (Å²) in [6.45, 7) is 1.38. The molecule has 1 aromatic carbocycles. The molecule has 1 amide bonds. The molecule has 21 heavy (non-hydrogen) atoms. The van der Waals surface area contributed by atoms with E-state index < -0.39 is 17.8 Å². The highest BCUT2D eigenvalue weighted by atomic mass is 32.1. The SMILES string of the molecule is COc1ccc(CN2C(=O)C(C)NC2=S)c(C(F)(F)F)c1. The summed E-state index contributed by atoms with van der Waals surface area (Å²) in [5.41, 5.74) is -0.869. The van der Waals surface area contributed by atoms with Gasteiger partial charge in [-0.25, -0.2) is 0 Å². The van der Waals surface area contributed by atoms with E-state index in [0.29, 0.717) is 0 Å². The number of carbonyl (C=O) groups excluding carboxylic acids is 1. The Morgan fingerprint density at radius 3 is 2.57 bits per heavy atom. The van der Waals surface area contributed by atoms with Crippen molar-refractivity contribution in [1.82, 2.24) is 10.2 Å². The van der Waals surface area contributed by atoms with E-state index in [9.17, 15) is 18.0 Å². The first kappa shape index (κ1) is 15.6. The van der Waals surface area contributed by atoms with E-state index in [2.05, 4.69) is 5.32 Å². The topological polar surface area (TPSA) is 41.6 Å². The van der Waals surface area contributed by atoms with Crippen LogP contribution in [0.2, 0.25) is 0 Å². The fraction of sp³-hybridized carbons (Fsp3) is 0.385. The third-order valence-corrected chi connectivity index (χ3v) is 3.51. The number of amides is 1. The Balaban J connectivity index is 2.36. The van der Waals surface area contributed by atoms with Gasteiger partial charge in [0.05, 0.1) is 19.2 Å². The summed E-state index contributed by atoms with van der Waals surface area (Å²) in [5.74, 6) is -0.239. The second kappa shape index (κ2) is 5.51. The number of methoxy groups -OCH3 is 1. The molecule has 1 N–H and O–H groups in total. The molecular weight excluding hydrogens is 305 g/mol. The number of nitrogens with one attached hydrogen (secondary N) is 1. The zero-order valence-electron chi connectivity index (χ0n) is 11.3. The highest BCUT2D eigenvalue weighted by molar-refractivity contribution is 7.80. The normalized spacial score (nSPS) is 18.9. The lowest BCUT2D eigenvalue weighted by molar-refractivity contribution is -0.139. The highest BCUT2D eigenvalue weighted by Gasteiger charge is 2.37. The van der Waals surface area contributed by atoms with Crippen molar-refractivity contribution in [3.8, 4) is 5.75 Å². The minimum absolute atomic E-state index is 0.0325. The van der Waals surface area contributed by atoms with Gasteiger partial charge in [-0.3, -0.25) is 9.69 Å². The number of alkyl halides is 3. The van der Waals surface area contributed by atoms with Gasteiger partial charge in [-0.1, -0.05) is 6.07 Å². The van der Waals surface area contributed by atoms with Gasteiger partial charge in [0.1, 0.15) is 11.8 Å². The van der Waals surface area contributed by atoms with Crippen LogP contribution in [0.3, 0.4) is 0 Å². The van der Waals surface area contributed by atoms with E-state index in [1.54, 1.807) is 6.92 Å². The summed E-state index contributed by atoms with van der Waals surface area (Å²) in [6, 6.07) is 3.10. The molecular formula is C13H13F3N2O2S. The summed E-state index contributed by atoms with van der Waals surface area (Å²) < 4.78 is 44.1. The molecule has 1 aliphatic heterocycles. The van der Waals surface area contributed by atoms with Gasteiger partial charge in [0.2, 0.25) is 0 Å². The molecule has 114 valence electrons. The lowest BCUT2D eigenvalue weighted by Crippen LogP contribution is -2.31. The second-order valence-electron chi connectivity index (χ2n) is 4.62. The smallest absolute Gasteiger partial charge is 0.416 e. The Hall–Kier alpha value is -1.83. The van der Waals surface area contributed by atoms with Gasteiger partial charge >= 0.3 is 6.18 Å². The van der Waals surface area contributed by atoms with Crippen molar-refractivity contribution >= 4 is 23.2 Å². The van der Waals surface area contributed by atoms with Gasteiger partial charge in [0.15, 0.2) is 5.11 Å². The Morgan fingerprint density at radius 1 is 1.43 bits per heavy atom. The molecule has 0 spiro atoms. The fourth-order valence-electron chi connectivity index (χ4n) is 2.06. The molecule has 1 saturated heterocycles. The van der Waals surface area contributed by atoms with E-state index in [-0.39, 0.29) is 28.9 Å². The summed E-state index contributed by atoms with van der Waals surface area (Å²) in [5, 5.41) is 2.86. The minimum atomic E-state index is -4.53. The van der Waals surface area contributed by atoms with Gasteiger partial charge < -0.3 is 10.1 Å². The zero-order valence-corrected chi connectivity index (χ0v) is 12.1. The average molecular weight is 318 g/mol. The standard InChI is InChI=1S/C13H13F3N2O2S/c1-7-11(19)18(12(21)17-7)6-8-3-4-9(20-2)5-10(8)13(14,15)16/h3-5,7H,6H2,1-2H3,(H,17,21). The third-order valence-electron chi connectivity index (χ3n) is 3.17. The molecule has 8 heteroatoms. The Morgan fingerprint density at radius 2 is 2.10 bits per heavy atom. The molecule has 1 heterocycles. The quantitative estimate of drug-likeness (QED) is 0.869. The summed E-state index contributed by atoms with van der Waals surface area (Å²) in [4.78, 5) is 13.0. The van der Waals surface area contributed by atoms with Crippen LogP contribution in [-0.2, 0) is 17.5 Å². The number of hydrogen-bond acceptors (Lipinski definition) is 3. The third kappa shape index (κ3) is 3.10. The molecule has 1 atom stereocenters. The first-order chi connectivity index (χ1) is 9.74. The lowest BCUT2D eigenvalue weighted by Gasteiger charge is -2.19. The van der Waals surface area contributed by atoms with Crippen molar-refractivity contribution < 1.29 is 22.7 Å². The van der Waals surface area contributed by atoms with Crippen LogP contribution in [0.1, 0.15) is 18.1 Å². The van der Waals surface area contributed by atoms with Gasteiger partial charge in [-0.05, 0) is 36.8 Å². The predicted octanol–water partition coefficient (Wildman–Crippen LogP) is 2.32. The maximum Gasteiger partial charge on any atom is 0.416 e. The molecule has 1 aromatic rings. The van der Waals surface area contributed by atoms with Gasteiger partial charge in [-0.15, -0.1) is 0 Å². The number of thiocarbonyl (C=S) groups is 1. The van der Waals surface area contributed by atoms with Crippen LogP contribution >= 0.6 is 12.2 Å². The molecule has 0 aliphatic carbocycles. The van der Waals surface area contributed by atoms with Gasteiger partial charge in [0, 0.05) is 0 Å². The van der Waals surface area contributed by atoms with Crippen molar-refractivity contribution in [3.63, 3.8) is 0 Å². The van der Waals surface area contributed by atoms with Gasteiger partial charge in [0.25, 0.3) is 5.91 Å². The largest absolute Gasteiger partial charge is 0.497 e. The minimum Gasteiger partial charge on any atom is -0.497 e. The van der Waals surface area contributed by atoms with E-state index >= 15 is 0 Å². The molecule has 0 bridgehead atoms. The predicted molar refractivity (Wildman–Crippen MR) is 73.7 cm³/mol. The number of nitrogens with zero attached hydrogens (tertiary/aromatic N) is 1. The summed E-state index contributed by atoms with van der Waals surface area (Å²) in [6.07, 6.45) is -4.53. The molecule has 1 unspecified atom stereocenters. The van der Waals surface area contributed by atoms with Crippen molar-refractivity contribution in [2.75, 3.05) is 7.11 Å². The number of carbonyl (C=O) groups is 1. The number of rotatable bonds is 3. The van der Waals surface area contributed by atoms with E-state index in [1.807, 2.05) is 0 Å². The molecule has 2 rings (SSSR count). The molecule has 0 radical (unpaired) electrons. The molecule has 0 aromatic heterocycles. The van der Waals surface area contributed by atoms with Crippen LogP contribution in [-0.4, -0.2) is 29.1 Å². The summed E-state index contributed by atoms with van der Waals surface area (Å²) in [7, 11) is 1.29. The number of hydrogen-bond donors (Lipinski definition) is 1. The average Bonchev–Trinajstić information content (AvgIpc) is 2.64. The number of benzene rings is 1. The van der Waals surface area contributed by atoms with Gasteiger partial charge in [-0.2, -0.15) is 13.2 Å². The van der Waals surface area contributed by atoms with Crippen LogP contribution < -0.4 is 10.1 Å². The Labute approximate surface area is 124 Å². The fourth-order valence-corrected chi connectivity index (χ4v) is 2.39. The summed E-state index contributed by atoms with van der Waals surface area (Å²) >= 11 is 4.97. The van der Waals surface area contributed by atoms with E-state index in [4.69, 9.17) is 17.0 Å². The van der Waals surface area contributed by atoms with Crippen molar-refractivity contribution in [3.05, 3.63) is 29.3 Å². The Kier molecular flexibility index (Phi) is 4.08. The van der Waals surface area contributed by atoms with E-state index in [1.165, 1.54) is 19.2 Å². The van der Waals surface area contributed by atoms with Crippen LogP contribution in [0.15, 0.2) is 18.2 Å². The monoisotopic (exact) mass is 318 g/mol. The molecule has 4 nitrogen and oxygen atoms in total. The lowest BCUT2D eigenvalue weighted by atomic mass is 10.1. The molecule has 1 aliphatic rings. The van der Waals surface area contributed by atoms with Crippen LogP contribution in [0.25, 0.3) is 0 Å². The first-order valence-electron chi connectivity index (χ1n) is 6.10. The van der Waals surface area contributed by atoms with Crippen molar-refractivity contribution in [2.45, 2.75) is 25.7 Å². The zero-order chi connectivity index (χ0) is 15.8. The van der Waals surface area contributed by atoms with E-state index in [0.717, 1.165) is 11.0 Å².